The summed E-state index contributed by atoms with van der Waals surface area (Å²) in [4.78, 5) is 2.39. The molecule has 1 atom stereocenters. The first-order valence-electron chi connectivity index (χ1n) is 7.60. The number of aromatic nitrogens is 2. The lowest BCUT2D eigenvalue weighted by atomic mass is 9.96. The van der Waals surface area contributed by atoms with Gasteiger partial charge in [-0.1, -0.05) is 18.2 Å². The molecule has 4 heteroatoms. The molecule has 1 unspecified atom stereocenters. The topological polar surface area (TPSA) is 41.2 Å². The Hall–Kier alpha value is -1.81. The van der Waals surface area contributed by atoms with Gasteiger partial charge in [0.25, 0.3) is 0 Å². The molecule has 0 fully saturated rings. The maximum absolute atomic E-state index is 5.85. The molecule has 2 aromatic rings. The van der Waals surface area contributed by atoms with Crippen molar-refractivity contribution in [2.45, 2.75) is 26.3 Å². The molecule has 1 aliphatic rings. The Balaban J connectivity index is 1.61. The van der Waals surface area contributed by atoms with E-state index in [-0.39, 0.29) is 0 Å². The van der Waals surface area contributed by atoms with Gasteiger partial charge in [-0.05, 0) is 44.4 Å². The SMILES string of the molecule is Cc1[nH]ncc1CN(C)CC1CCOc2ccccc2C1. The molecular formula is C17H23N3O. The lowest BCUT2D eigenvalue weighted by molar-refractivity contribution is 0.235. The number of rotatable bonds is 4. The van der Waals surface area contributed by atoms with Crippen LogP contribution in [0.3, 0.4) is 0 Å². The third-order valence-electron chi connectivity index (χ3n) is 4.21. The summed E-state index contributed by atoms with van der Waals surface area (Å²) in [5.41, 5.74) is 3.78. The van der Waals surface area contributed by atoms with E-state index in [1.54, 1.807) is 0 Å². The summed E-state index contributed by atoms with van der Waals surface area (Å²) < 4.78 is 5.85. The van der Waals surface area contributed by atoms with Crippen molar-refractivity contribution in [1.82, 2.24) is 15.1 Å². The molecule has 21 heavy (non-hydrogen) atoms. The average molecular weight is 285 g/mol. The number of para-hydroxylation sites is 1. The molecule has 0 bridgehead atoms. The van der Waals surface area contributed by atoms with Crippen molar-refractivity contribution in [3.05, 3.63) is 47.3 Å². The van der Waals surface area contributed by atoms with Gasteiger partial charge in [-0.2, -0.15) is 5.10 Å². The number of benzene rings is 1. The number of aryl methyl sites for hydroxylation is 1. The minimum atomic E-state index is 0.644. The second kappa shape index (κ2) is 6.31. The minimum Gasteiger partial charge on any atom is -0.493 e. The molecule has 1 aliphatic heterocycles. The highest BCUT2D eigenvalue weighted by atomic mass is 16.5. The zero-order valence-electron chi connectivity index (χ0n) is 12.8. The summed E-state index contributed by atoms with van der Waals surface area (Å²) in [6.45, 7) is 4.93. The van der Waals surface area contributed by atoms with Gasteiger partial charge in [-0.25, -0.2) is 0 Å². The number of nitrogens with one attached hydrogen (secondary N) is 1. The van der Waals surface area contributed by atoms with Crippen LogP contribution in [0.4, 0.5) is 0 Å². The van der Waals surface area contributed by atoms with Crippen LogP contribution in [0.15, 0.2) is 30.5 Å². The van der Waals surface area contributed by atoms with Crippen LogP contribution in [-0.4, -0.2) is 35.3 Å². The lowest BCUT2D eigenvalue weighted by Gasteiger charge is -2.22. The van der Waals surface area contributed by atoms with Gasteiger partial charge in [0, 0.05) is 24.3 Å². The quantitative estimate of drug-likeness (QED) is 0.939. The second-order valence-electron chi connectivity index (χ2n) is 6.03. The number of aromatic amines is 1. The normalized spacial score (nSPS) is 18.1. The summed E-state index contributed by atoms with van der Waals surface area (Å²) in [5.74, 6) is 1.71. The largest absolute Gasteiger partial charge is 0.493 e. The molecule has 1 aromatic heterocycles. The second-order valence-corrected chi connectivity index (χ2v) is 6.03. The fourth-order valence-electron chi connectivity index (χ4n) is 3.05. The van der Waals surface area contributed by atoms with Gasteiger partial charge in [0.2, 0.25) is 0 Å². The first-order valence-corrected chi connectivity index (χ1v) is 7.60. The molecule has 0 radical (unpaired) electrons. The highest BCUT2D eigenvalue weighted by molar-refractivity contribution is 5.34. The van der Waals surface area contributed by atoms with Crippen LogP contribution < -0.4 is 4.74 Å². The number of ether oxygens (including phenoxy) is 1. The van der Waals surface area contributed by atoms with Crippen molar-refractivity contribution in [2.24, 2.45) is 5.92 Å². The van der Waals surface area contributed by atoms with E-state index in [0.29, 0.717) is 5.92 Å². The van der Waals surface area contributed by atoms with E-state index in [2.05, 4.69) is 47.3 Å². The fourth-order valence-corrected chi connectivity index (χ4v) is 3.05. The van der Waals surface area contributed by atoms with Gasteiger partial charge >= 0.3 is 0 Å². The third-order valence-corrected chi connectivity index (χ3v) is 4.21. The molecule has 2 heterocycles. The van der Waals surface area contributed by atoms with Crippen LogP contribution in [0.25, 0.3) is 0 Å². The van der Waals surface area contributed by atoms with Crippen LogP contribution in [0.5, 0.6) is 5.75 Å². The van der Waals surface area contributed by atoms with Crippen LogP contribution >= 0.6 is 0 Å². The number of nitrogens with zero attached hydrogens (tertiary/aromatic N) is 2. The average Bonchev–Trinajstić information content (AvgIpc) is 2.75. The Morgan fingerprint density at radius 3 is 3.05 bits per heavy atom. The van der Waals surface area contributed by atoms with E-state index in [9.17, 15) is 0 Å². The van der Waals surface area contributed by atoms with Gasteiger partial charge in [-0.15, -0.1) is 0 Å². The molecule has 0 saturated heterocycles. The van der Waals surface area contributed by atoms with Crippen molar-refractivity contribution in [2.75, 3.05) is 20.2 Å². The summed E-state index contributed by atoms with van der Waals surface area (Å²) in [6.07, 6.45) is 4.14. The van der Waals surface area contributed by atoms with E-state index >= 15 is 0 Å². The van der Waals surface area contributed by atoms with Crippen molar-refractivity contribution in [1.29, 1.82) is 0 Å². The summed E-state index contributed by atoms with van der Waals surface area (Å²) in [7, 11) is 2.18. The van der Waals surface area contributed by atoms with Crippen molar-refractivity contribution in [3.8, 4) is 5.75 Å². The molecule has 3 rings (SSSR count). The van der Waals surface area contributed by atoms with Gasteiger partial charge in [0.15, 0.2) is 0 Å². The molecule has 1 N–H and O–H groups in total. The van der Waals surface area contributed by atoms with Gasteiger partial charge in [0.05, 0.1) is 12.8 Å². The van der Waals surface area contributed by atoms with Crippen LogP contribution in [-0.2, 0) is 13.0 Å². The van der Waals surface area contributed by atoms with E-state index in [1.165, 1.54) is 11.1 Å². The van der Waals surface area contributed by atoms with Crippen LogP contribution in [0.1, 0.15) is 23.2 Å². The molecule has 0 spiro atoms. The molecular weight excluding hydrogens is 262 g/mol. The number of hydrogen-bond donors (Lipinski definition) is 1. The van der Waals surface area contributed by atoms with Crippen molar-refractivity contribution >= 4 is 0 Å². The standard InChI is InChI=1S/C17H23N3O/c1-13-16(10-18-19-13)12-20(2)11-14-7-8-21-17-6-4-3-5-15(17)9-14/h3-6,10,14H,7-9,11-12H2,1-2H3,(H,18,19). The zero-order valence-corrected chi connectivity index (χ0v) is 12.8. The van der Waals surface area contributed by atoms with E-state index < -0.39 is 0 Å². The van der Waals surface area contributed by atoms with E-state index in [1.807, 2.05) is 12.3 Å². The lowest BCUT2D eigenvalue weighted by Crippen LogP contribution is -2.27. The third kappa shape index (κ3) is 3.45. The number of fused-ring (bicyclic) bond motifs is 1. The molecule has 1 aromatic carbocycles. The number of H-pyrrole nitrogens is 1. The summed E-state index contributed by atoms with van der Waals surface area (Å²) in [5, 5.41) is 7.10. The van der Waals surface area contributed by atoms with Gasteiger partial charge in [-0.3, -0.25) is 5.10 Å². The van der Waals surface area contributed by atoms with Crippen LogP contribution in [0.2, 0.25) is 0 Å². The fraction of sp³-hybridized carbons (Fsp3) is 0.471. The molecule has 112 valence electrons. The first-order chi connectivity index (χ1) is 10.2. The minimum absolute atomic E-state index is 0.644. The molecule has 0 amide bonds. The van der Waals surface area contributed by atoms with Crippen molar-refractivity contribution < 1.29 is 4.74 Å². The monoisotopic (exact) mass is 285 g/mol. The summed E-state index contributed by atoms with van der Waals surface area (Å²) >= 11 is 0. The van der Waals surface area contributed by atoms with Crippen molar-refractivity contribution in [3.63, 3.8) is 0 Å². The molecule has 0 saturated carbocycles. The molecule has 4 nitrogen and oxygen atoms in total. The molecule has 0 aliphatic carbocycles. The summed E-state index contributed by atoms with van der Waals surface area (Å²) in [6, 6.07) is 8.42. The smallest absolute Gasteiger partial charge is 0.122 e. The zero-order chi connectivity index (χ0) is 14.7. The van der Waals surface area contributed by atoms with Crippen LogP contribution in [0, 0.1) is 12.8 Å². The Kier molecular flexibility index (Phi) is 4.25. The maximum atomic E-state index is 5.85. The Labute approximate surface area is 126 Å². The Morgan fingerprint density at radius 2 is 2.24 bits per heavy atom. The van der Waals surface area contributed by atoms with E-state index in [0.717, 1.165) is 44.0 Å². The Bertz CT molecular complexity index is 593. The van der Waals surface area contributed by atoms with E-state index in [4.69, 9.17) is 4.74 Å². The van der Waals surface area contributed by atoms with Gasteiger partial charge in [0.1, 0.15) is 5.75 Å². The maximum Gasteiger partial charge on any atom is 0.122 e. The predicted octanol–water partition coefficient (Wildman–Crippen LogP) is 2.79. The Morgan fingerprint density at radius 1 is 1.38 bits per heavy atom. The first kappa shape index (κ1) is 14.1. The van der Waals surface area contributed by atoms with Gasteiger partial charge < -0.3 is 9.64 Å². The highest BCUT2D eigenvalue weighted by Gasteiger charge is 2.19. The highest BCUT2D eigenvalue weighted by Crippen LogP contribution is 2.27. The number of hydrogen-bond acceptors (Lipinski definition) is 3. The predicted molar refractivity (Wildman–Crippen MR) is 83.4 cm³/mol.